The average Bonchev–Trinajstić information content (AvgIpc) is 2.67. The van der Waals surface area contributed by atoms with Gasteiger partial charge >= 0.3 is 0 Å². The van der Waals surface area contributed by atoms with Gasteiger partial charge < -0.3 is 10.6 Å². The van der Waals surface area contributed by atoms with Crippen LogP contribution >= 0.6 is 0 Å². The number of aromatic nitrogens is 3. The van der Waals surface area contributed by atoms with E-state index in [1.54, 1.807) is 11.0 Å². The van der Waals surface area contributed by atoms with Gasteiger partial charge in [-0.3, -0.25) is 4.79 Å². The summed E-state index contributed by atoms with van der Waals surface area (Å²) in [5, 5.41) is 14.3. The Bertz CT molecular complexity index is 342. The molecule has 1 aliphatic heterocycles. The van der Waals surface area contributed by atoms with Crippen LogP contribution in [-0.4, -0.2) is 34.0 Å². The van der Waals surface area contributed by atoms with E-state index in [9.17, 15) is 4.79 Å². The van der Waals surface area contributed by atoms with Crippen molar-refractivity contribution in [2.45, 2.75) is 25.8 Å². The van der Waals surface area contributed by atoms with Crippen molar-refractivity contribution in [1.82, 2.24) is 20.3 Å². The van der Waals surface area contributed by atoms with Crippen LogP contribution in [0.1, 0.15) is 25.8 Å². The van der Waals surface area contributed by atoms with Crippen LogP contribution in [0.15, 0.2) is 6.20 Å². The quantitative estimate of drug-likeness (QED) is 0.728. The van der Waals surface area contributed by atoms with E-state index >= 15 is 0 Å². The maximum Gasteiger partial charge on any atom is 0.222 e. The van der Waals surface area contributed by atoms with Gasteiger partial charge in [-0.05, 0) is 19.4 Å². The van der Waals surface area contributed by atoms with Crippen molar-refractivity contribution in [3.8, 4) is 0 Å². The molecular formula is C9H15N5O. The number of piperidine rings is 1. The highest BCUT2D eigenvalue weighted by Crippen LogP contribution is 2.14. The molecule has 1 fully saturated rings. The van der Waals surface area contributed by atoms with Crippen LogP contribution in [0, 0.1) is 0 Å². The predicted molar refractivity (Wildman–Crippen MR) is 55.5 cm³/mol. The zero-order valence-corrected chi connectivity index (χ0v) is 8.73. The molecule has 2 heterocycles. The number of nitrogens with zero attached hydrogens (tertiary/aromatic N) is 3. The van der Waals surface area contributed by atoms with Gasteiger partial charge in [0.1, 0.15) is 0 Å². The highest BCUT2D eigenvalue weighted by molar-refractivity contribution is 5.87. The number of hydrogen-bond acceptors (Lipinski definition) is 4. The topological polar surface area (TPSA) is 71.8 Å². The number of carbonyl (C=O) groups excluding carboxylic acids is 1. The van der Waals surface area contributed by atoms with Crippen molar-refractivity contribution >= 4 is 11.7 Å². The molecule has 0 bridgehead atoms. The van der Waals surface area contributed by atoms with Crippen molar-refractivity contribution in [1.29, 1.82) is 0 Å². The van der Waals surface area contributed by atoms with E-state index in [2.05, 4.69) is 20.8 Å². The molecular weight excluding hydrogens is 194 g/mol. The first-order valence-corrected chi connectivity index (χ1v) is 5.16. The van der Waals surface area contributed by atoms with Gasteiger partial charge in [0.2, 0.25) is 5.91 Å². The number of amides is 1. The lowest BCUT2D eigenvalue weighted by molar-refractivity contribution is -0.114. The minimum absolute atomic E-state index is 0.121. The number of rotatable bonds is 2. The summed E-state index contributed by atoms with van der Waals surface area (Å²) < 4.78 is 0. The molecule has 0 saturated carbocycles. The second-order valence-corrected chi connectivity index (χ2v) is 3.73. The van der Waals surface area contributed by atoms with Gasteiger partial charge in [0.05, 0.1) is 12.2 Å². The van der Waals surface area contributed by atoms with E-state index in [0.29, 0.717) is 11.9 Å². The van der Waals surface area contributed by atoms with Gasteiger partial charge in [-0.1, -0.05) is 0 Å². The predicted octanol–water partition coefficient (Wildman–Crippen LogP) is 0.161. The van der Waals surface area contributed by atoms with Crippen LogP contribution in [0.3, 0.4) is 0 Å². The van der Waals surface area contributed by atoms with Crippen LogP contribution in [0.5, 0.6) is 0 Å². The molecule has 1 atom stereocenters. The second-order valence-electron chi connectivity index (χ2n) is 3.73. The van der Waals surface area contributed by atoms with Gasteiger partial charge in [-0.25, -0.2) is 0 Å². The smallest absolute Gasteiger partial charge is 0.222 e. The van der Waals surface area contributed by atoms with Gasteiger partial charge in [0, 0.05) is 13.5 Å². The van der Waals surface area contributed by atoms with E-state index in [0.717, 1.165) is 25.9 Å². The molecule has 1 amide bonds. The third-order valence-electron chi connectivity index (χ3n) is 2.41. The summed E-state index contributed by atoms with van der Waals surface area (Å²) in [5.41, 5.74) is 0. The summed E-state index contributed by atoms with van der Waals surface area (Å²) in [6, 6.07) is 0.307. The van der Waals surface area contributed by atoms with Crippen LogP contribution in [0.2, 0.25) is 0 Å². The maximum atomic E-state index is 10.8. The maximum absolute atomic E-state index is 10.8. The standard InChI is InChI=1S/C9H15N5O/c1-7(15)12-9-6-11-14(13-9)8-3-2-4-10-5-8/h6,8,10H,2-5H2,1H3,(H,12,13,15). The van der Waals surface area contributed by atoms with E-state index in [1.165, 1.54) is 6.92 Å². The van der Waals surface area contributed by atoms with Crippen molar-refractivity contribution in [2.75, 3.05) is 18.4 Å². The van der Waals surface area contributed by atoms with Crippen molar-refractivity contribution < 1.29 is 4.79 Å². The van der Waals surface area contributed by atoms with Crippen molar-refractivity contribution in [2.24, 2.45) is 0 Å². The SMILES string of the molecule is CC(=O)Nc1cnn(C2CCCNC2)n1. The first-order chi connectivity index (χ1) is 7.25. The molecule has 1 saturated heterocycles. The molecule has 1 aromatic heterocycles. The summed E-state index contributed by atoms with van der Waals surface area (Å²) in [4.78, 5) is 12.5. The molecule has 2 rings (SSSR count). The summed E-state index contributed by atoms with van der Waals surface area (Å²) in [6.07, 6.45) is 3.80. The first kappa shape index (κ1) is 10.1. The first-order valence-electron chi connectivity index (χ1n) is 5.16. The number of carbonyl (C=O) groups is 1. The molecule has 1 aliphatic rings. The Morgan fingerprint density at radius 3 is 3.27 bits per heavy atom. The van der Waals surface area contributed by atoms with E-state index in [1.807, 2.05) is 0 Å². The van der Waals surface area contributed by atoms with Crippen molar-refractivity contribution in [3.63, 3.8) is 0 Å². The Morgan fingerprint density at radius 1 is 1.73 bits per heavy atom. The summed E-state index contributed by atoms with van der Waals surface area (Å²) in [6.45, 7) is 3.42. The lowest BCUT2D eigenvalue weighted by atomic mass is 10.1. The molecule has 1 unspecified atom stereocenters. The number of nitrogens with one attached hydrogen (secondary N) is 2. The summed E-state index contributed by atoms with van der Waals surface area (Å²) in [7, 11) is 0. The molecule has 6 nitrogen and oxygen atoms in total. The Kier molecular flexibility index (Phi) is 2.96. The van der Waals surface area contributed by atoms with Crippen LogP contribution in [-0.2, 0) is 4.79 Å². The highest BCUT2D eigenvalue weighted by Gasteiger charge is 2.16. The fraction of sp³-hybridized carbons (Fsp3) is 0.667. The van der Waals surface area contributed by atoms with Crippen LogP contribution in [0.25, 0.3) is 0 Å². The zero-order chi connectivity index (χ0) is 10.7. The molecule has 0 aliphatic carbocycles. The van der Waals surface area contributed by atoms with E-state index in [4.69, 9.17) is 0 Å². The lowest BCUT2D eigenvalue weighted by Crippen LogP contribution is -2.32. The second kappa shape index (κ2) is 4.39. The molecule has 0 spiro atoms. The van der Waals surface area contributed by atoms with Crippen LogP contribution in [0.4, 0.5) is 5.82 Å². The van der Waals surface area contributed by atoms with Gasteiger partial charge in [0.25, 0.3) is 0 Å². The fourth-order valence-corrected chi connectivity index (χ4v) is 1.72. The molecule has 0 aromatic carbocycles. The Balaban J connectivity index is 2.02. The van der Waals surface area contributed by atoms with Crippen LogP contribution < -0.4 is 10.6 Å². The van der Waals surface area contributed by atoms with Gasteiger partial charge in [-0.2, -0.15) is 9.90 Å². The number of hydrogen-bond donors (Lipinski definition) is 2. The Morgan fingerprint density at radius 2 is 2.60 bits per heavy atom. The molecule has 0 radical (unpaired) electrons. The summed E-state index contributed by atoms with van der Waals surface area (Å²) in [5.74, 6) is 0.400. The largest absolute Gasteiger partial charge is 0.315 e. The minimum atomic E-state index is -0.121. The normalized spacial score (nSPS) is 21.3. The lowest BCUT2D eigenvalue weighted by Gasteiger charge is -2.21. The molecule has 15 heavy (non-hydrogen) atoms. The third kappa shape index (κ3) is 2.53. The van der Waals surface area contributed by atoms with Gasteiger partial charge in [-0.15, -0.1) is 5.10 Å². The summed E-state index contributed by atoms with van der Waals surface area (Å²) >= 11 is 0. The highest BCUT2D eigenvalue weighted by atomic mass is 16.1. The fourth-order valence-electron chi connectivity index (χ4n) is 1.72. The van der Waals surface area contributed by atoms with E-state index < -0.39 is 0 Å². The molecule has 2 N–H and O–H groups in total. The molecule has 6 heteroatoms. The van der Waals surface area contributed by atoms with E-state index in [-0.39, 0.29) is 5.91 Å². The third-order valence-corrected chi connectivity index (χ3v) is 2.41. The molecule has 82 valence electrons. The Labute approximate surface area is 88.0 Å². The Hall–Kier alpha value is -1.43. The number of anilines is 1. The zero-order valence-electron chi connectivity index (χ0n) is 8.73. The monoisotopic (exact) mass is 209 g/mol. The molecule has 1 aromatic rings. The van der Waals surface area contributed by atoms with Gasteiger partial charge in [0.15, 0.2) is 5.82 Å². The average molecular weight is 209 g/mol. The van der Waals surface area contributed by atoms with Crippen molar-refractivity contribution in [3.05, 3.63) is 6.20 Å². The minimum Gasteiger partial charge on any atom is -0.315 e.